The zero-order valence-electron chi connectivity index (χ0n) is 13.7. The second kappa shape index (κ2) is 7.25. The van der Waals surface area contributed by atoms with Crippen LogP contribution in [0.25, 0.3) is 0 Å². The van der Waals surface area contributed by atoms with Gasteiger partial charge >= 0.3 is 0 Å². The van der Waals surface area contributed by atoms with E-state index in [1.807, 2.05) is 6.07 Å². The average molecular weight is 304 g/mol. The summed E-state index contributed by atoms with van der Waals surface area (Å²) in [5.74, 6) is 0.0828. The van der Waals surface area contributed by atoms with E-state index in [2.05, 4.69) is 43.4 Å². The molecule has 0 aromatic heterocycles. The Kier molecular flexibility index (Phi) is 5.59. The molecule has 0 unspecified atom stereocenters. The second-order valence-corrected chi connectivity index (χ2v) is 7.11. The largest absolute Gasteiger partial charge is 0.381 e. The van der Waals surface area contributed by atoms with Crippen LogP contribution in [0.4, 0.5) is 0 Å². The van der Waals surface area contributed by atoms with Gasteiger partial charge in [-0.3, -0.25) is 4.79 Å². The molecule has 22 heavy (non-hydrogen) atoms. The SMILES string of the molecule is CC(C)(CNC(=O)C1(CN)CCOCC1)Cc1ccccc1. The molecule has 1 amide bonds. The van der Waals surface area contributed by atoms with Crippen molar-refractivity contribution in [1.29, 1.82) is 0 Å². The van der Waals surface area contributed by atoms with Gasteiger partial charge in [0.05, 0.1) is 5.41 Å². The van der Waals surface area contributed by atoms with Gasteiger partial charge in [-0.25, -0.2) is 0 Å². The van der Waals surface area contributed by atoms with Crippen LogP contribution in [0.1, 0.15) is 32.3 Å². The summed E-state index contributed by atoms with van der Waals surface area (Å²) in [6, 6.07) is 10.4. The topological polar surface area (TPSA) is 64.4 Å². The fraction of sp³-hybridized carbons (Fsp3) is 0.611. The van der Waals surface area contributed by atoms with E-state index in [0.717, 1.165) is 6.42 Å². The molecule has 2 rings (SSSR count). The molecule has 0 radical (unpaired) electrons. The highest BCUT2D eigenvalue weighted by atomic mass is 16.5. The highest BCUT2D eigenvalue weighted by Crippen LogP contribution is 2.30. The van der Waals surface area contributed by atoms with Crippen molar-refractivity contribution >= 4 is 5.91 Å². The molecule has 4 heteroatoms. The maximum atomic E-state index is 12.6. The van der Waals surface area contributed by atoms with Gasteiger partial charge in [0.1, 0.15) is 0 Å². The Hall–Kier alpha value is -1.39. The maximum absolute atomic E-state index is 12.6. The van der Waals surface area contributed by atoms with E-state index in [1.54, 1.807) is 0 Å². The molecule has 0 bridgehead atoms. The molecule has 1 aromatic carbocycles. The van der Waals surface area contributed by atoms with Crippen LogP contribution in [-0.2, 0) is 16.0 Å². The third-order valence-corrected chi connectivity index (χ3v) is 4.58. The Morgan fingerprint density at radius 1 is 1.27 bits per heavy atom. The summed E-state index contributed by atoms with van der Waals surface area (Å²) in [5.41, 5.74) is 6.75. The minimum atomic E-state index is -0.443. The smallest absolute Gasteiger partial charge is 0.227 e. The lowest BCUT2D eigenvalue weighted by Crippen LogP contribution is -2.51. The van der Waals surface area contributed by atoms with Crippen molar-refractivity contribution in [3.05, 3.63) is 35.9 Å². The van der Waals surface area contributed by atoms with Gasteiger partial charge < -0.3 is 15.8 Å². The van der Waals surface area contributed by atoms with Gasteiger partial charge in [0.15, 0.2) is 0 Å². The number of benzene rings is 1. The molecule has 0 spiro atoms. The molecule has 1 heterocycles. The fourth-order valence-electron chi connectivity index (χ4n) is 3.00. The standard InChI is InChI=1S/C18H28N2O2/c1-17(2,12-15-6-4-3-5-7-15)14-20-16(21)18(13-19)8-10-22-11-9-18/h3-7H,8-14,19H2,1-2H3,(H,20,21). The highest BCUT2D eigenvalue weighted by Gasteiger charge is 2.39. The second-order valence-electron chi connectivity index (χ2n) is 7.11. The molecule has 1 aliphatic heterocycles. The minimum absolute atomic E-state index is 0.0119. The quantitative estimate of drug-likeness (QED) is 0.846. The highest BCUT2D eigenvalue weighted by molar-refractivity contribution is 5.83. The van der Waals surface area contributed by atoms with E-state index >= 15 is 0 Å². The number of nitrogens with one attached hydrogen (secondary N) is 1. The third kappa shape index (κ3) is 4.31. The number of amides is 1. The summed E-state index contributed by atoms with van der Waals surface area (Å²) in [7, 11) is 0. The van der Waals surface area contributed by atoms with Crippen molar-refractivity contribution in [2.75, 3.05) is 26.3 Å². The third-order valence-electron chi connectivity index (χ3n) is 4.58. The van der Waals surface area contributed by atoms with Crippen molar-refractivity contribution in [3.8, 4) is 0 Å². The summed E-state index contributed by atoms with van der Waals surface area (Å²) in [5, 5.41) is 3.13. The Bertz CT molecular complexity index is 479. The van der Waals surface area contributed by atoms with Gasteiger partial charge in [-0.15, -0.1) is 0 Å². The van der Waals surface area contributed by atoms with Gasteiger partial charge in [-0.05, 0) is 30.2 Å². The molecule has 1 aliphatic rings. The van der Waals surface area contributed by atoms with Gasteiger partial charge in [-0.1, -0.05) is 44.2 Å². The van der Waals surface area contributed by atoms with E-state index in [9.17, 15) is 4.79 Å². The summed E-state index contributed by atoms with van der Waals surface area (Å²) in [4.78, 5) is 12.6. The van der Waals surface area contributed by atoms with Crippen molar-refractivity contribution in [2.45, 2.75) is 33.1 Å². The summed E-state index contributed by atoms with van der Waals surface area (Å²) < 4.78 is 5.37. The van der Waals surface area contributed by atoms with Crippen LogP contribution >= 0.6 is 0 Å². The van der Waals surface area contributed by atoms with Gasteiger partial charge in [-0.2, -0.15) is 0 Å². The van der Waals surface area contributed by atoms with Crippen molar-refractivity contribution in [2.24, 2.45) is 16.6 Å². The Balaban J connectivity index is 1.91. The van der Waals surface area contributed by atoms with E-state index in [-0.39, 0.29) is 11.3 Å². The summed E-state index contributed by atoms with van der Waals surface area (Å²) in [6.07, 6.45) is 2.37. The predicted molar refractivity (Wildman–Crippen MR) is 88.5 cm³/mol. The van der Waals surface area contributed by atoms with E-state index in [4.69, 9.17) is 10.5 Å². The lowest BCUT2D eigenvalue weighted by atomic mass is 9.78. The van der Waals surface area contributed by atoms with E-state index < -0.39 is 5.41 Å². The van der Waals surface area contributed by atoms with E-state index in [0.29, 0.717) is 39.1 Å². The first kappa shape index (κ1) is 17.0. The lowest BCUT2D eigenvalue weighted by Gasteiger charge is -2.36. The van der Waals surface area contributed by atoms with Crippen LogP contribution in [0.15, 0.2) is 30.3 Å². The Morgan fingerprint density at radius 3 is 2.50 bits per heavy atom. The first-order chi connectivity index (χ1) is 10.5. The number of carbonyl (C=O) groups is 1. The molecule has 0 aliphatic carbocycles. The van der Waals surface area contributed by atoms with Crippen LogP contribution in [0.5, 0.6) is 0 Å². The van der Waals surface area contributed by atoms with E-state index in [1.165, 1.54) is 5.56 Å². The Morgan fingerprint density at radius 2 is 1.91 bits per heavy atom. The normalized spacial score (nSPS) is 18.0. The van der Waals surface area contributed by atoms with Crippen molar-refractivity contribution in [1.82, 2.24) is 5.32 Å². The first-order valence-corrected chi connectivity index (χ1v) is 8.08. The zero-order valence-corrected chi connectivity index (χ0v) is 13.7. The molecule has 1 fully saturated rings. The zero-order chi connectivity index (χ0) is 16.1. The van der Waals surface area contributed by atoms with Crippen LogP contribution in [-0.4, -0.2) is 32.2 Å². The van der Waals surface area contributed by atoms with Crippen LogP contribution in [0, 0.1) is 10.8 Å². The van der Waals surface area contributed by atoms with Crippen molar-refractivity contribution < 1.29 is 9.53 Å². The molecule has 3 N–H and O–H groups in total. The lowest BCUT2D eigenvalue weighted by molar-refractivity contribution is -0.136. The number of rotatable bonds is 6. The van der Waals surface area contributed by atoms with Crippen LogP contribution < -0.4 is 11.1 Å². The van der Waals surface area contributed by atoms with Gasteiger partial charge in [0.2, 0.25) is 5.91 Å². The minimum Gasteiger partial charge on any atom is -0.381 e. The molecule has 4 nitrogen and oxygen atoms in total. The number of hydrogen-bond donors (Lipinski definition) is 2. The number of hydrogen-bond acceptors (Lipinski definition) is 3. The van der Waals surface area contributed by atoms with Crippen molar-refractivity contribution in [3.63, 3.8) is 0 Å². The summed E-state index contributed by atoms with van der Waals surface area (Å²) >= 11 is 0. The number of carbonyl (C=O) groups excluding carboxylic acids is 1. The number of nitrogens with two attached hydrogens (primary N) is 1. The molecule has 122 valence electrons. The maximum Gasteiger partial charge on any atom is 0.227 e. The Labute approximate surface area is 133 Å². The summed E-state index contributed by atoms with van der Waals surface area (Å²) in [6.45, 7) is 6.65. The first-order valence-electron chi connectivity index (χ1n) is 8.08. The van der Waals surface area contributed by atoms with Gasteiger partial charge in [0.25, 0.3) is 0 Å². The van der Waals surface area contributed by atoms with Crippen LogP contribution in [0.2, 0.25) is 0 Å². The number of ether oxygens (including phenoxy) is 1. The molecule has 1 aromatic rings. The molecular formula is C18H28N2O2. The predicted octanol–water partition coefficient (Wildman–Crippen LogP) is 2.13. The van der Waals surface area contributed by atoms with Gasteiger partial charge in [0, 0.05) is 26.3 Å². The fourth-order valence-corrected chi connectivity index (χ4v) is 3.00. The molecule has 1 saturated heterocycles. The molecule has 0 atom stereocenters. The molecular weight excluding hydrogens is 276 g/mol. The van der Waals surface area contributed by atoms with Crippen LogP contribution in [0.3, 0.4) is 0 Å². The average Bonchev–Trinajstić information content (AvgIpc) is 2.54. The molecule has 0 saturated carbocycles. The monoisotopic (exact) mass is 304 g/mol.